The van der Waals surface area contributed by atoms with Crippen molar-refractivity contribution < 1.29 is 24.6 Å². The highest BCUT2D eigenvalue weighted by atomic mass is 16.4. The number of carboxylic acid groups (broad SMARTS) is 2. The Morgan fingerprint density at radius 2 is 1.81 bits per heavy atom. The van der Waals surface area contributed by atoms with Gasteiger partial charge in [0.2, 0.25) is 5.91 Å². The Morgan fingerprint density at radius 1 is 1.13 bits per heavy atom. The third kappa shape index (κ3) is 9.64. The molecule has 0 bridgehead atoms. The molecule has 31 heavy (non-hydrogen) atoms. The molecule has 170 valence electrons. The first-order valence-corrected chi connectivity index (χ1v) is 10.6. The lowest BCUT2D eigenvalue weighted by Crippen LogP contribution is -2.40. The Labute approximate surface area is 185 Å². The molecule has 0 fully saturated rings. The summed E-state index contributed by atoms with van der Waals surface area (Å²) in [4.78, 5) is 33.8. The van der Waals surface area contributed by atoms with Crippen LogP contribution in [0.4, 0.5) is 0 Å². The Bertz CT molecular complexity index is 840. The van der Waals surface area contributed by atoms with Crippen LogP contribution in [-0.4, -0.2) is 34.1 Å². The smallest absolute Gasteiger partial charge is 0.326 e. The van der Waals surface area contributed by atoms with Crippen LogP contribution in [0, 0.1) is 5.41 Å². The monoisotopic (exact) mass is 429 g/mol. The average molecular weight is 430 g/mol. The van der Waals surface area contributed by atoms with Crippen LogP contribution in [-0.2, 0) is 14.4 Å². The van der Waals surface area contributed by atoms with Crippen LogP contribution in [0.15, 0.2) is 58.7 Å². The number of hydrogen-bond acceptors (Lipinski definition) is 3. The van der Waals surface area contributed by atoms with Crippen molar-refractivity contribution in [2.24, 2.45) is 5.41 Å². The highest BCUT2D eigenvalue weighted by molar-refractivity contribution is 5.92. The van der Waals surface area contributed by atoms with E-state index in [1.165, 1.54) is 30.1 Å². The van der Waals surface area contributed by atoms with Gasteiger partial charge in [-0.25, -0.2) is 4.79 Å². The van der Waals surface area contributed by atoms with E-state index in [-0.39, 0.29) is 18.3 Å². The minimum atomic E-state index is -1.26. The van der Waals surface area contributed by atoms with Crippen molar-refractivity contribution in [3.8, 4) is 0 Å². The van der Waals surface area contributed by atoms with Gasteiger partial charge in [-0.15, -0.1) is 0 Å². The number of carbonyl (C=O) groups excluding carboxylic acids is 1. The summed E-state index contributed by atoms with van der Waals surface area (Å²) in [6.45, 7) is 10.5. The normalized spacial score (nSPS) is 18.5. The zero-order valence-electron chi connectivity index (χ0n) is 19.2. The Balaban J connectivity index is 2.72. The molecular formula is C25H35NO5. The van der Waals surface area contributed by atoms with Gasteiger partial charge in [-0.1, -0.05) is 55.4 Å². The summed E-state index contributed by atoms with van der Waals surface area (Å²) in [7, 11) is 0. The number of amides is 1. The lowest BCUT2D eigenvalue weighted by Gasteiger charge is -2.32. The summed E-state index contributed by atoms with van der Waals surface area (Å²) in [5, 5.41) is 20.1. The van der Waals surface area contributed by atoms with Crippen LogP contribution in [0.1, 0.15) is 66.7 Å². The van der Waals surface area contributed by atoms with E-state index < -0.39 is 23.9 Å². The highest BCUT2D eigenvalue weighted by Gasteiger charge is 2.26. The second kappa shape index (κ2) is 12.1. The van der Waals surface area contributed by atoms with E-state index in [1.54, 1.807) is 13.0 Å². The van der Waals surface area contributed by atoms with E-state index in [9.17, 15) is 14.4 Å². The van der Waals surface area contributed by atoms with E-state index >= 15 is 0 Å². The SMILES string of the molecule is CC(C=CC1=C(C)CCCC1(C)C)=CC=CC(C)=CC(=O)N[C@@H](CCC(=O)O)C(=O)O. The summed E-state index contributed by atoms with van der Waals surface area (Å²) >= 11 is 0. The average Bonchev–Trinajstić information content (AvgIpc) is 2.63. The predicted molar refractivity (Wildman–Crippen MR) is 123 cm³/mol. The molecule has 0 spiro atoms. The molecule has 0 heterocycles. The van der Waals surface area contributed by atoms with Crippen LogP contribution >= 0.6 is 0 Å². The van der Waals surface area contributed by atoms with Gasteiger partial charge in [0.25, 0.3) is 0 Å². The van der Waals surface area contributed by atoms with Gasteiger partial charge >= 0.3 is 11.9 Å². The van der Waals surface area contributed by atoms with Crippen LogP contribution in [0.25, 0.3) is 0 Å². The number of aliphatic carboxylic acids is 2. The summed E-state index contributed by atoms with van der Waals surface area (Å²) in [5.41, 5.74) is 4.78. The minimum Gasteiger partial charge on any atom is -0.481 e. The van der Waals surface area contributed by atoms with Gasteiger partial charge in [0.05, 0.1) is 0 Å². The molecule has 1 aliphatic rings. The van der Waals surface area contributed by atoms with Gasteiger partial charge in [0.15, 0.2) is 0 Å². The summed E-state index contributed by atoms with van der Waals surface area (Å²) < 4.78 is 0. The highest BCUT2D eigenvalue weighted by Crippen LogP contribution is 2.40. The van der Waals surface area contributed by atoms with Gasteiger partial charge in [-0.2, -0.15) is 0 Å². The van der Waals surface area contributed by atoms with Crippen LogP contribution < -0.4 is 5.32 Å². The third-order valence-electron chi connectivity index (χ3n) is 5.39. The maximum atomic E-state index is 12.0. The van der Waals surface area contributed by atoms with Crippen molar-refractivity contribution in [1.29, 1.82) is 0 Å². The van der Waals surface area contributed by atoms with Gasteiger partial charge in [-0.3, -0.25) is 9.59 Å². The molecule has 0 aromatic carbocycles. The van der Waals surface area contributed by atoms with Crippen molar-refractivity contribution in [3.63, 3.8) is 0 Å². The van der Waals surface area contributed by atoms with E-state index in [2.05, 4.69) is 38.2 Å². The number of carboxylic acids is 2. The Morgan fingerprint density at radius 3 is 2.39 bits per heavy atom. The first-order valence-electron chi connectivity index (χ1n) is 10.6. The molecule has 0 unspecified atom stereocenters. The summed E-state index contributed by atoms with van der Waals surface area (Å²) in [6, 6.07) is -1.23. The topological polar surface area (TPSA) is 104 Å². The standard InChI is InChI=1S/C25H35NO5/c1-17(11-12-20-19(3)10-7-15-25(20,4)5)8-6-9-18(2)16-22(27)26-21(24(30)31)13-14-23(28)29/h6,8-9,11-12,16,21H,7,10,13-15H2,1-5H3,(H,26,27)(H,28,29)(H,30,31)/t21-/m0/s1. The van der Waals surface area contributed by atoms with Crippen molar-refractivity contribution >= 4 is 17.8 Å². The van der Waals surface area contributed by atoms with Gasteiger partial charge < -0.3 is 15.5 Å². The number of allylic oxidation sites excluding steroid dienone is 9. The summed E-state index contributed by atoms with van der Waals surface area (Å²) in [6.07, 6.45) is 14.2. The maximum absolute atomic E-state index is 12.0. The van der Waals surface area contributed by atoms with Gasteiger partial charge in [0, 0.05) is 12.5 Å². The molecule has 0 radical (unpaired) electrons. The quantitative estimate of drug-likeness (QED) is 0.337. The zero-order chi connectivity index (χ0) is 23.6. The van der Waals surface area contributed by atoms with Gasteiger partial charge in [-0.05, 0) is 63.0 Å². The fourth-order valence-electron chi connectivity index (χ4n) is 3.63. The lowest BCUT2D eigenvalue weighted by atomic mass is 9.72. The molecule has 1 amide bonds. The molecule has 6 nitrogen and oxygen atoms in total. The van der Waals surface area contributed by atoms with Crippen molar-refractivity contribution in [2.45, 2.75) is 72.8 Å². The fourth-order valence-corrected chi connectivity index (χ4v) is 3.63. The van der Waals surface area contributed by atoms with E-state index in [0.29, 0.717) is 5.57 Å². The van der Waals surface area contributed by atoms with E-state index in [4.69, 9.17) is 10.2 Å². The van der Waals surface area contributed by atoms with E-state index in [1.807, 2.05) is 19.1 Å². The molecule has 0 aromatic rings. The molecule has 3 N–H and O–H groups in total. The first kappa shape index (κ1) is 26.1. The molecule has 6 heteroatoms. The molecule has 1 rings (SSSR count). The Kier molecular flexibility index (Phi) is 10.2. The third-order valence-corrected chi connectivity index (χ3v) is 5.39. The molecular weight excluding hydrogens is 394 g/mol. The second-order valence-corrected chi connectivity index (χ2v) is 8.75. The van der Waals surface area contributed by atoms with Crippen LogP contribution in [0.2, 0.25) is 0 Å². The van der Waals surface area contributed by atoms with E-state index in [0.717, 1.165) is 12.0 Å². The predicted octanol–water partition coefficient (Wildman–Crippen LogP) is 4.95. The maximum Gasteiger partial charge on any atom is 0.326 e. The fraction of sp³-hybridized carbons (Fsp3) is 0.480. The van der Waals surface area contributed by atoms with Crippen LogP contribution in [0.3, 0.4) is 0 Å². The summed E-state index contributed by atoms with van der Waals surface area (Å²) in [5.74, 6) is -2.93. The number of hydrogen-bond donors (Lipinski definition) is 3. The first-order chi connectivity index (χ1) is 14.4. The van der Waals surface area contributed by atoms with Gasteiger partial charge in [0.1, 0.15) is 6.04 Å². The lowest BCUT2D eigenvalue weighted by molar-refractivity contribution is -0.142. The van der Waals surface area contributed by atoms with Crippen molar-refractivity contribution in [3.05, 3.63) is 58.7 Å². The molecule has 1 aliphatic carbocycles. The van der Waals surface area contributed by atoms with Crippen molar-refractivity contribution in [1.82, 2.24) is 5.32 Å². The molecule has 1 atom stereocenters. The zero-order valence-corrected chi connectivity index (χ0v) is 19.2. The van der Waals surface area contributed by atoms with Crippen molar-refractivity contribution in [2.75, 3.05) is 0 Å². The Hall–Kier alpha value is -2.89. The second-order valence-electron chi connectivity index (χ2n) is 8.75. The minimum absolute atomic E-state index is 0.167. The molecule has 0 saturated heterocycles. The molecule has 0 aromatic heterocycles. The molecule has 0 saturated carbocycles. The number of carbonyl (C=O) groups is 3. The van der Waals surface area contributed by atoms with Crippen LogP contribution in [0.5, 0.6) is 0 Å². The number of rotatable bonds is 10. The largest absolute Gasteiger partial charge is 0.481 e. The number of nitrogens with one attached hydrogen (secondary N) is 1. The molecule has 0 aliphatic heterocycles.